The molecular formula is C16H20N4O. The minimum Gasteiger partial charge on any atom is -0.332 e. The van der Waals surface area contributed by atoms with Gasteiger partial charge in [0.1, 0.15) is 0 Å². The highest BCUT2D eigenvalue weighted by Crippen LogP contribution is 2.18. The van der Waals surface area contributed by atoms with Crippen molar-refractivity contribution in [2.24, 2.45) is 5.84 Å². The predicted octanol–water partition coefficient (Wildman–Crippen LogP) is 2.42. The number of benzene rings is 1. The van der Waals surface area contributed by atoms with Crippen LogP contribution in [0.1, 0.15) is 29.8 Å². The van der Waals surface area contributed by atoms with Gasteiger partial charge < -0.3 is 10.3 Å². The number of nitrogen functional groups attached to an aromatic ring is 1. The molecule has 1 aromatic heterocycles. The maximum Gasteiger partial charge on any atom is 0.256 e. The Bertz CT molecular complexity index is 598. The van der Waals surface area contributed by atoms with Crippen molar-refractivity contribution in [1.82, 2.24) is 9.88 Å². The van der Waals surface area contributed by atoms with E-state index in [-0.39, 0.29) is 11.9 Å². The van der Waals surface area contributed by atoms with Crippen molar-refractivity contribution in [3.05, 3.63) is 59.9 Å². The highest BCUT2D eigenvalue weighted by Gasteiger charge is 2.21. The van der Waals surface area contributed by atoms with Gasteiger partial charge in [-0.1, -0.05) is 30.3 Å². The van der Waals surface area contributed by atoms with E-state index in [1.807, 2.05) is 49.1 Å². The Kier molecular flexibility index (Phi) is 4.90. The van der Waals surface area contributed by atoms with E-state index in [1.165, 1.54) is 0 Å². The minimum absolute atomic E-state index is 0.0656. The van der Waals surface area contributed by atoms with E-state index in [2.05, 4.69) is 10.4 Å². The van der Waals surface area contributed by atoms with Crippen molar-refractivity contribution in [2.45, 2.75) is 26.4 Å². The standard InChI is InChI=1S/C16H20N4O/c1-12(2)20(11-13-6-4-3-5-7-13)16(21)14-8-9-18-10-15(14)19-17/h3-10,12,19H,11,17H2,1-2H3. The van der Waals surface area contributed by atoms with Crippen LogP contribution < -0.4 is 11.3 Å². The Morgan fingerprint density at radius 1 is 1.29 bits per heavy atom. The fourth-order valence-electron chi connectivity index (χ4n) is 2.12. The number of amides is 1. The van der Waals surface area contributed by atoms with E-state index >= 15 is 0 Å². The molecule has 3 N–H and O–H groups in total. The van der Waals surface area contributed by atoms with E-state index in [9.17, 15) is 4.79 Å². The molecule has 1 aromatic carbocycles. The Morgan fingerprint density at radius 3 is 2.62 bits per heavy atom. The maximum absolute atomic E-state index is 12.8. The SMILES string of the molecule is CC(C)N(Cc1ccccc1)C(=O)c1ccncc1NN. The molecule has 0 aliphatic carbocycles. The molecule has 0 unspecified atom stereocenters. The number of carbonyl (C=O) groups is 1. The summed E-state index contributed by atoms with van der Waals surface area (Å²) in [5.74, 6) is 5.39. The van der Waals surface area contributed by atoms with E-state index in [1.54, 1.807) is 18.5 Å². The van der Waals surface area contributed by atoms with Crippen LogP contribution in [0.25, 0.3) is 0 Å². The lowest BCUT2D eigenvalue weighted by Gasteiger charge is -2.27. The van der Waals surface area contributed by atoms with Gasteiger partial charge in [0, 0.05) is 18.8 Å². The van der Waals surface area contributed by atoms with Crippen molar-refractivity contribution in [3.63, 3.8) is 0 Å². The van der Waals surface area contributed by atoms with Crippen molar-refractivity contribution < 1.29 is 4.79 Å². The first kappa shape index (κ1) is 15.0. The van der Waals surface area contributed by atoms with Crippen LogP contribution in [-0.2, 0) is 6.54 Å². The van der Waals surface area contributed by atoms with Gasteiger partial charge >= 0.3 is 0 Å². The van der Waals surface area contributed by atoms with Gasteiger partial charge in [0.25, 0.3) is 5.91 Å². The van der Waals surface area contributed by atoms with Crippen molar-refractivity contribution >= 4 is 11.6 Å². The molecule has 5 nitrogen and oxygen atoms in total. The Hall–Kier alpha value is -2.40. The number of carbonyl (C=O) groups excluding carboxylic acids is 1. The van der Waals surface area contributed by atoms with E-state index in [4.69, 9.17) is 5.84 Å². The Morgan fingerprint density at radius 2 is 2.00 bits per heavy atom. The molecule has 0 aliphatic heterocycles. The highest BCUT2D eigenvalue weighted by atomic mass is 16.2. The summed E-state index contributed by atoms with van der Waals surface area (Å²) in [5, 5.41) is 0. The summed E-state index contributed by atoms with van der Waals surface area (Å²) in [5.41, 5.74) is 4.67. The number of hydrazine groups is 1. The van der Waals surface area contributed by atoms with Crippen LogP contribution in [0.3, 0.4) is 0 Å². The van der Waals surface area contributed by atoms with Gasteiger partial charge in [0.15, 0.2) is 0 Å². The molecule has 0 fully saturated rings. The van der Waals surface area contributed by atoms with Crippen LogP contribution in [0, 0.1) is 0 Å². The molecule has 2 rings (SSSR count). The molecule has 1 amide bonds. The van der Waals surface area contributed by atoms with Gasteiger partial charge in [0.2, 0.25) is 0 Å². The van der Waals surface area contributed by atoms with Gasteiger partial charge in [0.05, 0.1) is 17.4 Å². The summed E-state index contributed by atoms with van der Waals surface area (Å²) in [6, 6.07) is 11.7. The molecule has 110 valence electrons. The second-order valence-corrected chi connectivity index (χ2v) is 5.08. The molecule has 0 saturated carbocycles. The quantitative estimate of drug-likeness (QED) is 0.653. The van der Waals surface area contributed by atoms with E-state index in [0.29, 0.717) is 17.8 Å². The lowest BCUT2D eigenvalue weighted by Crippen LogP contribution is -2.37. The number of nitrogens with two attached hydrogens (primary N) is 1. The predicted molar refractivity (Wildman–Crippen MR) is 83.5 cm³/mol. The third-order valence-electron chi connectivity index (χ3n) is 3.29. The van der Waals surface area contributed by atoms with Crippen LogP contribution in [0.2, 0.25) is 0 Å². The number of hydrogen-bond donors (Lipinski definition) is 2. The lowest BCUT2D eigenvalue weighted by molar-refractivity contribution is 0.0691. The highest BCUT2D eigenvalue weighted by molar-refractivity contribution is 5.99. The van der Waals surface area contributed by atoms with Gasteiger partial charge in [-0.25, -0.2) is 0 Å². The van der Waals surface area contributed by atoms with E-state index in [0.717, 1.165) is 5.56 Å². The summed E-state index contributed by atoms with van der Waals surface area (Å²) in [4.78, 5) is 18.6. The van der Waals surface area contributed by atoms with Crippen molar-refractivity contribution in [1.29, 1.82) is 0 Å². The molecule has 0 saturated heterocycles. The Labute approximate surface area is 124 Å². The maximum atomic E-state index is 12.8. The second kappa shape index (κ2) is 6.85. The molecule has 0 atom stereocenters. The van der Waals surface area contributed by atoms with E-state index < -0.39 is 0 Å². The second-order valence-electron chi connectivity index (χ2n) is 5.08. The molecular weight excluding hydrogens is 264 g/mol. The van der Waals surface area contributed by atoms with Crippen LogP contribution in [-0.4, -0.2) is 21.8 Å². The molecule has 1 heterocycles. The minimum atomic E-state index is -0.0656. The molecule has 21 heavy (non-hydrogen) atoms. The summed E-state index contributed by atoms with van der Waals surface area (Å²) in [6.45, 7) is 4.55. The molecule has 0 radical (unpaired) electrons. The summed E-state index contributed by atoms with van der Waals surface area (Å²) >= 11 is 0. The zero-order chi connectivity index (χ0) is 15.2. The number of aromatic nitrogens is 1. The first-order valence-corrected chi connectivity index (χ1v) is 6.89. The number of rotatable bonds is 5. The number of nitrogens with one attached hydrogen (secondary N) is 1. The summed E-state index contributed by atoms with van der Waals surface area (Å²) < 4.78 is 0. The first-order chi connectivity index (χ1) is 10.1. The summed E-state index contributed by atoms with van der Waals surface area (Å²) in [6.07, 6.45) is 3.14. The zero-order valence-corrected chi connectivity index (χ0v) is 12.3. The van der Waals surface area contributed by atoms with Crippen molar-refractivity contribution in [3.8, 4) is 0 Å². The number of anilines is 1. The third kappa shape index (κ3) is 3.58. The topological polar surface area (TPSA) is 71.2 Å². The number of hydrogen-bond acceptors (Lipinski definition) is 4. The number of nitrogens with zero attached hydrogens (tertiary/aromatic N) is 2. The normalized spacial score (nSPS) is 10.5. The molecule has 0 bridgehead atoms. The van der Waals surface area contributed by atoms with Gasteiger partial charge in [-0.2, -0.15) is 0 Å². The van der Waals surface area contributed by atoms with Crippen molar-refractivity contribution in [2.75, 3.05) is 5.43 Å². The average molecular weight is 284 g/mol. The fourth-order valence-corrected chi connectivity index (χ4v) is 2.12. The molecule has 5 heteroatoms. The zero-order valence-electron chi connectivity index (χ0n) is 12.3. The summed E-state index contributed by atoms with van der Waals surface area (Å²) in [7, 11) is 0. The smallest absolute Gasteiger partial charge is 0.256 e. The third-order valence-corrected chi connectivity index (χ3v) is 3.29. The van der Waals surface area contributed by atoms with Crippen LogP contribution in [0.4, 0.5) is 5.69 Å². The van der Waals surface area contributed by atoms with Gasteiger partial charge in [-0.3, -0.25) is 15.6 Å². The monoisotopic (exact) mass is 284 g/mol. The average Bonchev–Trinajstić information content (AvgIpc) is 2.52. The lowest BCUT2D eigenvalue weighted by atomic mass is 10.1. The van der Waals surface area contributed by atoms with Crippen LogP contribution >= 0.6 is 0 Å². The first-order valence-electron chi connectivity index (χ1n) is 6.89. The molecule has 2 aromatic rings. The molecule has 0 aliphatic rings. The number of pyridine rings is 1. The Balaban J connectivity index is 2.28. The fraction of sp³-hybridized carbons (Fsp3) is 0.250. The molecule has 0 spiro atoms. The largest absolute Gasteiger partial charge is 0.332 e. The van der Waals surface area contributed by atoms with Gasteiger partial charge in [-0.15, -0.1) is 0 Å². The van der Waals surface area contributed by atoms with Gasteiger partial charge in [-0.05, 0) is 25.5 Å². The van der Waals surface area contributed by atoms with Crippen LogP contribution in [0.5, 0.6) is 0 Å². The van der Waals surface area contributed by atoms with Crippen LogP contribution in [0.15, 0.2) is 48.8 Å².